The van der Waals surface area contributed by atoms with E-state index in [1.165, 1.54) is 7.11 Å². The molecule has 142 valence electrons. The Bertz CT molecular complexity index is 407. The van der Waals surface area contributed by atoms with Crippen LogP contribution in [0.15, 0.2) is 0 Å². The summed E-state index contributed by atoms with van der Waals surface area (Å²) in [7, 11) is 1.35. The Morgan fingerprint density at radius 3 is 2.12 bits per heavy atom. The lowest BCUT2D eigenvalue weighted by molar-refractivity contribution is -0.383. The molecule has 2 fully saturated rings. The average Bonchev–Trinajstić information content (AvgIpc) is 2.81. The number of ether oxygens (including phenoxy) is 4. The lowest BCUT2D eigenvalue weighted by Crippen LogP contribution is -2.62. The minimum absolute atomic E-state index is 0.0992. The van der Waals surface area contributed by atoms with E-state index in [1.54, 1.807) is 0 Å². The van der Waals surface area contributed by atoms with E-state index in [0.717, 1.165) is 0 Å². The molecule has 0 saturated carbocycles. The minimum atomic E-state index is -2.14. The van der Waals surface area contributed by atoms with Crippen molar-refractivity contribution in [2.24, 2.45) is 0 Å². The van der Waals surface area contributed by atoms with Gasteiger partial charge in [-0.05, 0) is 0 Å². The normalized spacial score (nSPS) is 49.5. The minimum Gasteiger partial charge on any atom is -0.394 e. The summed E-state index contributed by atoms with van der Waals surface area (Å²) in [6.07, 6.45) is -12.1. The van der Waals surface area contributed by atoms with Gasteiger partial charge in [-0.3, -0.25) is 0 Å². The van der Waals surface area contributed by atoms with Gasteiger partial charge >= 0.3 is 0 Å². The molecule has 2 aliphatic rings. The molecule has 0 amide bonds. The van der Waals surface area contributed by atoms with Crippen LogP contribution in [0.25, 0.3) is 0 Å². The molecule has 0 bridgehead atoms. The Balaban J connectivity index is 2.17. The molecule has 0 aliphatic carbocycles. The van der Waals surface area contributed by atoms with Gasteiger partial charge in [0, 0.05) is 7.11 Å². The molecule has 9 unspecified atom stereocenters. The maximum absolute atomic E-state index is 10.1. The zero-order chi connectivity index (χ0) is 18.1. The number of aliphatic hydroxyl groups is 7. The number of aliphatic hydroxyl groups excluding tert-OH is 7. The summed E-state index contributed by atoms with van der Waals surface area (Å²) in [4.78, 5) is 0. The topological polar surface area (TPSA) is 179 Å². The van der Waals surface area contributed by atoms with E-state index in [9.17, 15) is 30.6 Å². The molecule has 0 radical (unpaired) electrons. The lowest BCUT2D eigenvalue weighted by Gasteiger charge is -2.43. The number of hydrogen-bond donors (Lipinski definition) is 7. The first kappa shape index (κ1) is 19.9. The molecular weight excluding hydrogens is 332 g/mol. The molecule has 0 aromatic heterocycles. The highest BCUT2D eigenvalue weighted by Crippen LogP contribution is 2.36. The average molecular weight is 356 g/mol. The molecule has 0 aromatic rings. The second kappa shape index (κ2) is 7.85. The van der Waals surface area contributed by atoms with E-state index < -0.39 is 68.0 Å². The van der Waals surface area contributed by atoms with Gasteiger partial charge in [-0.2, -0.15) is 0 Å². The van der Waals surface area contributed by atoms with Gasteiger partial charge in [0.1, 0.15) is 49.3 Å². The van der Waals surface area contributed by atoms with Gasteiger partial charge in [-0.25, -0.2) is 0 Å². The Kier molecular flexibility index (Phi) is 6.50. The van der Waals surface area contributed by atoms with Crippen LogP contribution in [-0.2, 0) is 18.9 Å². The summed E-state index contributed by atoms with van der Waals surface area (Å²) in [5.74, 6) is -2.14. The third-order valence-electron chi connectivity index (χ3n) is 4.22. The first-order valence-corrected chi connectivity index (χ1v) is 7.43. The first-order chi connectivity index (χ1) is 11.3. The maximum Gasteiger partial charge on any atom is 0.224 e. The zero-order valence-electron chi connectivity index (χ0n) is 13.0. The highest BCUT2D eigenvalue weighted by molar-refractivity contribution is 4.98. The fourth-order valence-electron chi connectivity index (χ4n) is 2.78. The van der Waals surface area contributed by atoms with Crippen LogP contribution in [0.5, 0.6) is 0 Å². The smallest absolute Gasteiger partial charge is 0.224 e. The fraction of sp³-hybridized carbons (Fsp3) is 1.00. The molecule has 11 heteroatoms. The summed E-state index contributed by atoms with van der Waals surface area (Å²) in [5, 5.41) is 68.3. The number of rotatable bonds is 6. The summed E-state index contributed by atoms with van der Waals surface area (Å²) >= 11 is 0. The van der Waals surface area contributed by atoms with Crippen LogP contribution < -0.4 is 0 Å². The second-order valence-electron chi connectivity index (χ2n) is 5.83. The highest BCUT2D eigenvalue weighted by Gasteiger charge is 2.58. The van der Waals surface area contributed by atoms with Crippen LogP contribution in [0.4, 0.5) is 0 Å². The SMILES string of the molecule is COCC1OC(CO)(OC2OC(CO)C(O)C(O)C2O)C(O)C1O. The number of methoxy groups -OCH3 is 1. The molecule has 0 aromatic carbocycles. The Morgan fingerprint density at radius 2 is 1.58 bits per heavy atom. The summed E-state index contributed by atoms with van der Waals surface area (Å²) < 4.78 is 20.7. The van der Waals surface area contributed by atoms with Crippen molar-refractivity contribution >= 4 is 0 Å². The predicted molar refractivity (Wildman–Crippen MR) is 73.4 cm³/mol. The van der Waals surface area contributed by atoms with Crippen LogP contribution >= 0.6 is 0 Å². The molecule has 2 aliphatic heterocycles. The van der Waals surface area contributed by atoms with Crippen LogP contribution in [0.3, 0.4) is 0 Å². The Hall–Kier alpha value is -0.440. The van der Waals surface area contributed by atoms with Crippen LogP contribution in [0.1, 0.15) is 0 Å². The van der Waals surface area contributed by atoms with E-state index >= 15 is 0 Å². The van der Waals surface area contributed by atoms with Crippen molar-refractivity contribution in [3.8, 4) is 0 Å². The monoisotopic (exact) mass is 356 g/mol. The zero-order valence-corrected chi connectivity index (χ0v) is 13.0. The second-order valence-corrected chi connectivity index (χ2v) is 5.83. The van der Waals surface area contributed by atoms with Crippen molar-refractivity contribution in [2.75, 3.05) is 26.9 Å². The van der Waals surface area contributed by atoms with E-state index in [4.69, 9.17) is 24.1 Å². The molecule has 2 saturated heterocycles. The quantitative estimate of drug-likeness (QED) is 0.243. The van der Waals surface area contributed by atoms with Crippen molar-refractivity contribution in [3.05, 3.63) is 0 Å². The Labute approximate surface area is 137 Å². The summed E-state index contributed by atoms with van der Waals surface area (Å²) in [6.45, 7) is -1.67. The Morgan fingerprint density at radius 1 is 0.917 bits per heavy atom. The lowest BCUT2D eigenvalue weighted by atomic mass is 9.99. The first-order valence-electron chi connectivity index (χ1n) is 7.43. The molecule has 9 atom stereocenters. The third kappa shape index (κ3) is 3.43. The van der Waals surface area contributed by atoms with Crippen molar-refractivity contribution in [2.45, 2.75) is 54.8 Å². The van der Waals surface area contributed by atoms with Gasteiger partial charge in [0.15, 0.2) is 6.29 Å². The molecule has 24 heavy (non-hydrogen) atoms. The largest absolute Gasteiger partial charge is 0.394 e. The fourth-order valence-corrected chi connectivity index (χ4v) is 2.78. The maximum atomic E-state index is 10.1. The highest BCUT2D eigenvalue weighted by atomic mass is 16.8. The summed E-state index contributed by atoms with van der Waals surface area (Å²) in [5.41, 5.74) is 0. The van der Waals surface area contributed by atoms with Crippen molar-refractivity contribution < 1.29 is 54.7 Å². The van der Waals surface area contributed by atoms with Gasteiger partial charge in [0.05, 0.1) is 13.2 Å². The van der Waals surface area contributed by atoms with Gasteiger partial charge < -0.3 is 54.7 Å². The van der Waals surface area contributed by atoms with E-state index in [0.29, 0.717) is 0 Å². The number of hydrogen-bond acceptors (Lipinski definition) is 11. The van der Waals surface area contributed by atoms with Crippen molar-refractivity contribution in [1.82, 2.24) is 0 Å². The van der Waals surface area contributed by atoms with E-state index in [2.05, 4.69) is 0 Å². The van der Waals surface area contributed by atoms with Gasteiger partial charge in [0.2, 0.25) is 5.79 Å². The molecular formula is C13H24O11. The van der Waals surface area contributed by atoms with Gasteiger partial charge in [0.25, 0.3) is 0 Å². The molecule has 11 nitrogen and oxygen atoms in total. The molecule has 2 rings (SSSR count). The summed E-state index contributed by atoms with van der Waals surface area (Å²) in [6, 6.07) is 0. The van der Waals surface area contributed by atoms with Crippen LogP contribution in [0, 0.1) is 0 Å². The van der Waals surface area contributed by atoms with E-state index in [1.807, 2.05) is 0 Å². The van der Waals surface area contributed by atoms with Gasteiger partial charge in [-0.15, -0.1) is 0 Å². The predicted octanol–water partition coefficient (Wildman–Crippen LogP) is -4.74. The third-order valence-corrected chi connectivity index (χ3v) is 4.22. The van der Waals surface area contributed by atoms with Crippen molar-refractivity contribution in [1.29, 1.82) is 0 Å². The molecule has 7 N–H and O–H groups in total. The van der Waals surface area contributed by atoms with Crippen LogP contribution in [0.2, 0.25) is 0 Å². The molecule has 0 spiro atoms. The van der Waals surface area contributed by atoms with Crippen LogP contribution in [-0.4, -0.2) is 117 Å². The molecule has 2 heterocycles. The standard InChI is InChI=1S/C13H24O11/c1-21-3-6-8(17)11(20)13(4-15,23-6)24-12-10(19)9(18)7(16)5(2-14)22-12/h5-12,14-20H,2-4H2,1H3. The van der Waals surface area contributed by atoms with Crippen molar-refractivity contribution in [3.63, 3.8) is 0 Å². The van der Waals surface area contributed by atoms with E-state index in [-0.39, 0.29) is 6.61 Å². The van der Waals surface area contributed by atoms with Gasteiger partial charge in [-0.1, -0.05) is 0 Å².